The lowest BCUT2D eigenvalue weighted by Crippen LogP contribution is -2.32. The molecule has 1 amide bonds. The van der Waals surface area contributed by atoms with Crippen LogP contribution in [0.4, 0.5) is 26.3 Å². The molecular formula is C19H12Cl2F6N4O4S. The van der Waals surface area contributed by atoms with E-state index in [1.165, 1.54) is 6.92 Å². The predicted molar refractivity (Wildman–Crippen MR) is 114 cm³/mol. The van der Waals surface area contributed by atoms with Crippen LogP contribution in [0, 0.1) is 0 Å². The molecule has 0 radical (unpaired) electrons. The SMILES string of the molecule is CCc1c(C(=O)NS(=O)(=O)c2cc(C(F)(F)F)ccc2Cl)nnn1-c1ccc(OC(F)(F)F)cc1Cl. The summed E-state index contributed by atoms with van der Waals surface area (Å²) in [6, 6.07) is 4.41. The Morgan fingerprint density at radius 2 is 1.72 bits per heavy atom. The van der Waals surface area contributed by atoms with Crippen LogP contribution in [0.25, 0.3) is 5.69 Å². The first-order valence-corrected chi connectivity index (χ1v) is 11.7. The molecule has 194 valence electrons. The molecule has 0 fully saturated rings. The van der Waals surface area contributed by atoms with Crippen LogP contribution in [0.2, 0.25) is 10.0 Å². The van der Waals surface area contributed by atoms with E-state index in [2.05, 4.69) is 15.0 Å². The molecular weight excluding hydrogens is 565 g/mol. The molecule has 3 rings (SSSR count). The van der Waals surface area contributed by atoms with Gasteiger partial charge < -0.3 is 4.74 Å². The second-order valence-electron chi connectivity index (χ2n) is 6.89. The molecule has 0 saturated carbocycles. The average molecular weight is 577 g/mol. The number of alkyl halides is 6. The van der Waals surface area contributed by atoms with E-state index in [9.17, 15) is 39.6 Å². The third-order valence-electron chi connectivity index (χ3n) is 4.47. The van der Waals surface area contributed by atoms with Gasteiger partial charge >= 0.3 is 12.5 Å². The quantitative estimate of drug-likeness (QED) is 0.406. The Morgan fingerprint density at radius 1 is 1.06 bits per heavy atom. The number of aromatic nitrogens is 3. The smallest absolute Gasteiger partial charge is 0.406 e. The van der Waals surface area contributed by atoms with E-state index in [-0.39, 0.29) is 28.9 Å². The molecule has 36 heavy (non-hydrogen) atoms. The minimum absolute atomic E-state index is 0.00997. The zero-order valence-electron chi connectivity index (χ0n) is 17.6. The summed E-state index contributed by atoms with van der Waals surface area (Å²) >= 11 is 11.8. The Bertz CT molecular complexity index is 1420. The maximum absolute atomic E-state index is 13.0. The van der Waals surface area contributed by atoms with Crippen LogP contribution in [-0.2, 0) is 22.6 Å². The van der Waals surface area contributed by atoms with Crippen molar-refractivity contribution in [1.29, 1.82) is 0 Å². The molecule has 0 atom stereocenters. The molecule has 0 unspecified atom stereocenters. The summed E-state index contributed by atoms with van der Waals surface area (Å²) in [5.41, 5.74) is -1.87. The number of hydrogen-bond donors (Lipinski definition) is 1. The van der Waals surface area contributed by atoms with Gasteiger partial charge in [0.15, 0.2) is 5.69 Å². The lowest BCUT2D eigenvalue weighted by atomic mass is 10.2. The Kier molecular flexibility index (Phi) is 7.49. The van der Waals surface area contributed by atoms with Gasteiger partial charge in [0.25, 0.3) is 15.9 Å². The molecule has 0 bridgehead atoms. The fourth-order valence-corrected chi connectivity index (χ4v) is 4.69. The van der Waals surface area contributed by atoms with E-state index in [0.717, 1.165) is 22.9 Å². The Morgan fingerprint density at radius 3 is 2.28 bits per heavy atom. The molecule has 1 aromatic heterocycles. The highest BCUT2D eigenvalue weighted by atomic mass is 35.5. The van der Waals surface area contributed by atoms with Crippen molar-refractivity contribution in [3.63, 3.8) is 0 Å². The highest BCUT2D eigenvalue weighted by Crippen LogP contribution is 2.34. The van der Waals surface area contributed by atoms with Gasteiger partial charge in [-0.15, -0.1) is 18.3 Å². The van der Waals surface area contributed by atoms with Gasteiger partial charge in [0.05, 0.1) is 27.0 Å². The third kappa shape index (κ3) is 6.02. The van der Waals surface area contributed by atoms with Gasteiger partial charge in [0.1, 0.15) is 10.6 Å². The van der Waals surface area contributed by atoms with Crippen molar-refractivity contribution in [2.24, 2.45) is 0 Å². The molecule has 0 saturated heterocycles. The first-order chi connectivity index (χ1) is 16.5. The van der Waals surface area contributed by atoms with E-state index in [1.807, 2.05) is 0 Å². The fourth-order valence-electron chi connectivity index (χ4n) is 2.96. The van der Waals surface area contributed by atoms with Crippen molar-refractivity contribution in [2.45, 2.75) is 30.8 Å². The van der Waals surface area contributed by atoms with Crippen LogP contribution in [0.3, 0.4) is 0 Å². The van der Waals surface area contributed by atoms with Crippen LogP contribution in [-0.4, -0.2) is 35.7 Å². The molecule has 0 spiro atoms. The molecule has 0 aliphatic carbocycles. The molecule has 0 aliphatic rings. The van der Waals surface area contributed by atoms with Gasteiger partial charge in [-0.3, -0.25) is 4.79 Å². The van der Waals surface area contributed by atoms with Gasteiger partial charge in [-0.1, -0.05) is 35.3 Å². The summed E-state index contributed by atoms with van der Waals surface area (Å²) < 4.78 is 108. The minimum atomic E-state index is -4.97. The van der Waals surface area contributed by atoms with Gasteiger partial charge in [0, 0.05) is 6.07 Å². The number of benzene rings is 2. The average Bonchev–Trinajstić information content (AvgIpc) is 3.15. The van der Waals surface area contributed by atoms with E-state index < -0.39 is 55.4 Å². The van der Waals surface area contributed by atoms with Gasteiger partial charge in [-0.05, 0) is 36.8 Å². The van der Waals surface area contributed by atoms with Gasteiger partial charge in [0.2, 0.25) is 0 Å². The van der Waals surface area contributed by atoms with Gasteiger partial charge in [-0.2, -0.15) is 13.2 Å². The predicted octanol–water partition coefficient (Wildman–Crippen LogP) is 5.17. The van der Waals surface area contributed by atoms with Crippen LogP contribution >= 0.6 is 23.2 Å². The second-order valence-corrected chi connectivity index (χ2v) is 9.35. The number of halogens is 8. The fraction of sp³-hybridized carbons (Fsp3) is 0.211. The Balaban J connectivity index is 1.95. The maximum atomic E-state index is 13.0. The summed E-state index contributed by atoms with van der Waals surface area (Å²) in [5.74, 6) is -1.98. The number of sulfonamides is 1. The Labute approximate surface area is 208 Å². The number of rotatable bonds is 6. The van der Waals surface area contributed by atoms with Crippen molar-refractivity contribution in [3.8, 4) is 11.4 Å². The van der Waals surface area contributed by atoms with E-state index in [4.69, 9.17) is 23.2 Å². The third-order valence-corrected chi connectivity index (χ3v) is 6.58. The number of hydrogen-bond acceptors (Lipinski definition) is 6. The first kappa shape index (κ1) is 27.5. The number of carbonyl (C=O) groups excluding carboxylic acids is 1. The second kappa shape index (κ2) is 9.78. The summed E-state index contributed by atoms with van der Waals surface area (Å²) in [4.78, 5) is 11.7. The summed E-state index contributed by atoms with van der Waals surface area (Å²) in [6.45, 7) is 1.53. The molecule has 8 nitrogen and oxygen atoms in total. The standard InChI is InChI=1S/C19H12Cl2F6N4O4S/c1-2-13-16(28-30-31(13)14-6-4-10(8-12(14)21)35-19(25,26)27)17(32)29-36(33,34)15-7-9(18(22,23)24)3-5-11(15)20/h3-8H,2H2,1H3,(H,29,32). The summed E-state index contributed by atoms with van der Waals surface area (Å²) in [5, 5.41) is 6.45. The lowest BCUT2D eigenvalue weighted by Gasteiger charge is -2.13. The normalized spacial score (nSPS) is 12.5. The van der Waals surface area contributed by atoms with E-state index >= 15 is 0 Å². The highest BCUT2D eigenvalue weighted by molar-refractivity contribution is 7.90. The molecule has 2 aromatic carbocycles. The molecule has 0 aliphatic heterocycles. The summed E-state index contributed by atoms with van der Waals surface area (Å²) in [6.07, 6.45) is -9.83. The first-order valence-electron chi connectivity index (χ1n) is 9.47. The maximum Gasteiger partial charge on any atom is 0.573 e. The molecule has 1 N–H and O–H groups in total. The van der Waals surface area contributed by atoms with Crippen molar-refractivity contribution >= 4 is 39.1 Å². The topological polar surface area (TPSA) is 103 Å². The minimum Gasteiger partial charge on any atom is -0.406 e. The van der Waals surface area contributed by atoms with E-state index in [0.29, 0.717) is 12.1 Å². The van der Waals surface area contributed by atoms with Crippen LogP contribution in [0.5, 0.6) is 5.75 Å². The number of carbonyl (C=O) groups is 1. The lowest BCUT2D eigenvalue weighted by molar-refractivity contribution is -0.274. The largest absolute Gasteiger partial charge is 0.573 e. The van der Waals surface area contributed by atoms with Crippen molar-refractivity contribution in [3.05, 3.63) is 63.4 Å². The van der Waals surface area contributed by atoms with Crippen LogP contribution in [0.1, 0.15) is 28.7 Å². The number of amides is 1. The van der Waals surface area contributed by atoms with Crippen molar-refractivity contribution in [2.75, 3.05) is 0 Å². The van der Waals surface area contributed by atoms with Crippen molar-refractivity contribution in [1.82, 2.24) is 19.7 Å². The van der Waals surface area contributed by atoms with Crippen LogP contribution < -0.4 is 9.46 Å². The highest BCUT2D eigenvalue weighted by Gasteiger charge is 2.34. The zero-order valence-corrected chi connectivity index (χ0v) is 19.9. The number of ether oxygens (including phenoxy) is 1. The Hall–Kier alpha value is -3.04. The zero-order chi connectivity index (χ0) is 27.1. The molecule has 1 heterocycles. The molecule has 17 heteroatoms. The van der Waals surface area contributed by atoms with E-state index in [1.54, 1.807) is 4.72 Å². The van der Waals surface area contributed by atoms with Gasteiger partial charge in [-0.25, -0.2) is 17.8 Å². The monoisotopic (exact) mass is 576 g/mol. The number of nitrogens with one attached hydrogen (secondary N) is 1. The van der Waals surface area contributed by atoms with Crippen molar-refractivity contribution < 1.29 is 44.3 Å². The van der Waals surface area contributed by atoms with Crippen LogP contribution in [0.15, 0.2) is 41.3 Å². The molecule has 3 aromatic rings. The number of nitrogens with zero attached hydrogens (tertiary/aromatic N) is 3. The summed E-state index contributed by atoms with van der Waals surface area (Å²) in [7, 11) is -4.89.